The molecule has 4 nitrogen and oxygen atoms in total. The molecule has 1 aromatic rings. The molecule has 1 fully saturated rings. The van der Waals surface area contributed by atoms with Crippen LogP contribution in [-0.4, -0.2) is 31.7 Å². The molecule has 0 saturated carbocycles. The zero-order chi connectivity index (χ0) is 14.4. The van der Waals surface area contributed by atoms with Gasteiger partial charge in [0.1, 0.15) is 5.82 Å². The van der Waals surface area contributed by atoms with E-state index in [1.54, 1.807) is 6.07 Å². The number of amides is 1. The first-order chi connectivity index (χ1) is 9.66. The molecule has 0 bridgehead atoms. The molecule has 1 amide bonds. The maximum Gasteiger partial charge on any atom is 0.237 e. The third-order valence-corrected chi connectivity index (χ3v) is 3.68. The maximum atomic E-state index is 13.0. The second-order valence-electron chi connectivity index (χ2n) is 5.15. The second kappa shape index (κ2) is 7.36. The molecule has 1 unspecified atom stereocenters. The fraction of sp³-hybridized carbons (Fsp3) is 0.533. The van der Waals surface area contributed by atoms with Crippen LogP contribution in [0.2, 0.25) is 0 Å². The second-order valence-corrected chi connectivity index (χ2v) is 5.15. The Labute approximate surface area is 118 Å². The molecule has 110 valence electrons. The van der Waals surface area contributed by atoms with Gasteiger partial charge >= 0.3 is 0 Å². The van der Waals surface area contributed by atoms with Crippen LogP contribution in [0.3, 0.4) is 0 Å². The number of rotatable bonds is 5. The molecule has 5 heteroatoms. The van der Waals surface area contributed by atoms with Gasteiger partial charge in [0.25, 0.3) is 0 Å². The summed E-state index contributed by atoms with van der Waals surface area (Å²) in [5.41, 5.74) is 6.83. The molecule has 1 aromatic carbocycles. The Kier molecular flexibility index (Phi) is 5.49. The van der Waals surface area contributed by atoms with E-state index >= 15 is 0 Å². The van der Waals surface area contributed by atoms with Gasteiger partial charge in [-0.05, 0) is 42.9 Å². The first kappa shape index (κ1) is 14.9. The van der Waals surface area contributed by atoms with Crippen LogP contribution in [0.5, 0.6) is 0 Å². The Balaban J connectivity index is 1.74. The molecule has 1 heterocycles. The standard InChI is InChI=1S/C15H21FN2O2/c16-13-3-1-2-11(10-13)4-7-18-15(19)14(17)12-5-8-20-9-6-12/h1-3,10,12,14H,4-9,17H2,(H,18,19). The molecule has 0 spiro atoms. The molecule has 1 aliphatic heterocycles. The summed E-state index contributed by atoms with van der Waals surface area (Å²) < 4.78 is 18.3. The summed E-state index contributed by atoms with van der Waals surface area (Å²) in [4.78, 5) is 11.9. The van der Waals surface area contributed by atoms with Crippen LogP contribution in [0.25, 0.3) is 0 Å². The lowest BCUT2D eigenvalue weighted by Crippen LogP contribution is -2.47. The zero-order valence-corrected chi connectivity index (χ0v) is 11.5. The summed E-state index contributed by atoms with van der Waals surface area (Å²) in [6.45, 7) is 1.82. The van der Waals surface area contributed by atoms with Gasteiger partial charge in [-0.1, -0.05) is 12.1 Å². The molecule has 20 heavy (non-hydrogen) atoms. The zero-order valence-electron chi connectivity index (χ0n) is 11.5. The molecule has 1 atom stereocenters. The minimum atomic E-state index is -0.480. The van der Waals surface area contributed by atoms with Crippen LogP contribution < -0.4 is 11.1 Å². The molecule has 1 aliphatic rings. The number of nitrogens with two attached hydrogens (primary N) is 1. The Morgan fingerprint density at radius 1 is 1.45 bits per heavy atom. The number of ether oxygens (including phenoxy) is 1. The van der Waals surface area contributed by atoms with E-state index in [0.717, 1.165) is 18.4 Å². The van der Waals surface area contributed by atoms with Gasteiger partial charge in [-0.25, -0.2) is 4.39 Å². The van der Waals surface area contributed by atoms with E-state index in [4.69, 9.17) is 10.5 Å². The number of hydrogen-bond acceptors (Lipinski definition) is 3. The highest BCUT2D eigenvalue weighted by Gasteiger charge is 2.26. The monoisotopic (exact) mass is 280 g/mol. The Hall–Kier alpha value is -1.46. The van der Waals surface area contributed by atoms with Crippen molar-refractivity contribution in [3.05, 3.63) is 35.6 Å². The summed E-state index contributed by atoms with van der Waals surface area (Å²) in [7, 11) is 0. The molecule has 1 saturated heterocycles. The molecular formula is C15H21FN2O2. The average molecular weight is 280 g/mol. The van der Waals surface area contributed by atoms with Crippen molar-refractivity contribution in [2.24, 2.45) is 11.7 Å². The van der Waals surface area contributed by atoms with E-state index in [0.29, 0.717) is 26.2 Å². The Morgan fingerprint density at radius 2 is 2.20 bits per heavy atom. The Morgan fingerprint density at radius 3 is 2.90 bits per heavy atom. The van der Waals surface area contributed by atoms with Crippen molar-refractivity contribution < 1.29 is 13.9 Å². The molecular weight excluding hydrogens is 259 g/mol. The van der Waals surface area contributed by atoms with Gasteiger partial charge in [-0.3, -0.25) is 4.79 Å². The lowest BCUT2D eigenvalue weighted by Gasteiger charge is -2.26. The van der Waals surface area contributed by atoms with E-state index in [1.807, 2.05) is 6.07 Å². The van der Waals surface area contributed by atoms with Gasteiger partial charge in [0.2, 0.25) is 5.91 Å². The highest BCUT2D eigenvalue weighted by molar-refractivity contribution is 5.81. The number of nitrogens with one attached hydrogen (secondary N) is 1. The van der Waals surface area contributed by atoms with Gasteiger partial charge in [0.05, 0.1) is 6.04 Å². The third-order valence-electron chi connectivity index (χ3n) is 3.68. The molecule has 0 radical (unpaired) electrons. The highest BCUT2D eigenvalue weighted by atomic mass is 19.1. The van der Waals surface area contributed by atoms with Crippen LogP contribution in [0.1, 0.15) is 18.4 Å². The van der Waals surface area contributed by atoms with Crippen molar-refractivity contribution in [1.29, 1.82) is 0 Å². The summed E-state index contributed by atoms with van der Waals surface area (Å²) in [5, 5.41) is 2.82. The van der Waals surface area contributed by atoms with Gasteiger partial charge in [0, 0.05) is 19.8 Å². The number of carbonyl (C=O) groups is 1. The molecule has 3 N–H and O–H groups in total. The predicted molar refractivity (Wildman–Crippen MR) is 74.6 cm³/mol. The topological polar surface area (TPSA) is 64.4 Å². The van der Waals surface area contributed by atoms with E-state index in [1.165, 1.54) is 12.1 Å². The van der Waals surface area contributed by atoms with Gasteiger partial charge in [-0.2, -0.15) is 0 Å². The van der Waals surface area contributed by atoms with E-state index in [9.17, 15) is 9.18 Å². The number of benzene rings is 1. The van der Waals surface area contributed by atoms with Gasteiger partial charge < -0.3 is 15.8 Å². The van der Waals surface area contributed by atoms with Crippen LogP contribution in [0.15, 0.2) is 24.3 Å². The van der Waals surface area contributed by atoms with Crippen molar-refractivity contribution in [2.45, 2.75) is 25.3 Å². The minimum Gasteiger partial charge on any atom is -0.381 e. The van der Waals surface area contributed by atoms with Crippen molar-refractivity contribution in [3.8, 4) is 0 Å². The minimum absolute atomic E-state index is 0.131. The summed E-state index contributed by atoms with van der Waals surface area (Å²) in [6, 6.07) is 5.91. The fourth-order valence-corrected chi connectivity index (χ4v) is 2.43. The van der Waals surface area contributed by atoms with Gasteiger partial charge in [0.15, 0.2) is 0 Å². The lowest BCUT2D eigenvalue weighted by molar-refractivity contribution is -0.124. The first-order valence-electron chi connectivity index (χ1n) is 7.02. The van der Waals surface area contributed by atoms with Crippen molar-refractivity contribution in [2.75, 3.05) is 19.8 Å². The fourth-order valence-electron chi connectivity index (χ4n) is 2.43. The molecule has 2 rings (SSSR count). The van der Waals surface area contributed by atoms with Crippen molar-refractivity contribution >= 4 is 5.91 Å². The van der Waals surface area contributed by atoms with Crippen LogP contribution in [-0.2, 0) is 16.0 Å². The summed E-state index contributed by atoms with van der Waals surface area (Å²) >= 11 is 0. The quantitative estimate of drug-likeness (QED) is 0.853. The number of halogens is 1. The smallest absolute Gasteiger partial charge is 0.237 e. The van der Waals surface area contributed by atoms with E-state index in [2.05, 4.69) is 5.32 Å². The number of carbonyl (C=O) groups excluding carboxylic acids is 1. The average Bonchev–Trinajstić information content (AvgIpc) is 2.47. The van der Waals surface area contributed by atoms with E-state index < -0.39 is 6.04 Å². The Bertz CT molecular complexity index is 447. The van der Waals surface area contributed by atoms with E-state index in [-0.39, 0.29) is 17.6 Å². The van der Waals surface area contributed by atoms with Crippen molar-refractivity contribution in [3.63, 3.8) is 0 Å². The van der Waals surface area contributed by atoms with Crippen LogP contribution >= 0.6 is 0 Å². The van der Waals surface area contributed by atoms with Crippen molar-refractivity contribution in [1.82, 2.24) is 5.32 Å². The predicted octanol–water partition coefficient (Wildman–Crippen LogP) is 1.24. The molecule has 0 aliphatic carbocycles. The van der Waals surface area contributed by atoms with Gasteiger partial charge in [-0.15, -0.1) is 0 Å². The summed E-state index contributed by atoms with van der Waals surface area (Å²) in [5.74, 6) is -0.195. The van der Waals surface area contributed by atoms with Crippen LogP contribution in [0, 0.1) is 11.7 Å². The summed E-state index contributed by atoms with van der Waals surface area (Å²) in [6.07, 6.45) is 2.26. The maximum absolute atomic E-state index is 13.0. The highest BCUT2D eigenvalue weighted by Crippen LogP contribution is 2.17. The molecule has 0 aromatic heterocycles. The largest absolute Gasteiger partial charge is 0.381 e. The normalized spacial score (nSPS) is 17.7. The first-order valence-corrected chi connectivity index (χ1v) is 7.02. The SMILES string of the molecule is NC(C(=O)NCCc1cccc(F)c1)C1CCOCC1. The van der Waals surface area contributed by atoms with Crippen LogP contribution in [0.4, 0.5) is 4.39 Å². The lowest BCUT2D eigenvalue weighted by atomic mass is 9.92. The third kappa shape index (κ3) is 4.28. The number of hydrogen-bond donors (Lipinski definition) is 2.